The van der Waals surface area contributed by atoms with Crippen LogP contribution in [0.2, 0.25) is 0 Å². The van der Waals surface area contributed by atoms with E-state index in [4.69, 9.17) is 0 Å². The number of hydrogen-bond acceptors (Lipinski definition) is 4. The van der Waals surface area contributed by atoms with Gasteiger partial charge in [-0.1, -0.05) is 30.3 Å². The highest BCUT2D eigenvalue weighted by molar-refractivity contribution is 7.88. The second-order valence-corrected chi connectivity index (χ2v) is 7.38. The van der Waals surface area contributed by atoms with Gasteiger partial charge < -0.3 is 5.11 Å². The Balaban J connectivity index is 2.13. The van der Waals surface area contributed by atoms with Crippen molar-refractivity contribution in [3.05, 3.63) is 58.3 Å². The van der Waals surface area contributed by atoms with Crippen molar-refractivity contribution in [2.45, 2.75) is 12.6 Å². The van der Waals surface area contributed by atoms with Crippen LogP contribution in [0, 0.1) is 0 Å². The zero-order valence-corrected chi connectivity index (χ0v) is 12.8. The maximum absolute atomic E-state index is 11.9. The van der Waals surface area contributed by atoms with Crippen molar-refractivity contribution < 1.29 is 13.5 Å². The third-order valence-corrected chi connectivity index (χ3v) is 4.89. The van der Waals surface area contributed by atoms with Crippen LogP contribution in [0.3, 0.4) is 0 Å². The first-order valence-electron chi connectivity index (χ1n) is 6.16. The van der Waals surface area contributed by atoms with Crippen molar-refractivity contribution in [2.24, 2.45) is 0 Å². The molecule has 1 atom stereocenters. The summed E-state index contributed by atoms with van der Waals surface area (Å²) in [6.45, 7) is 0.325. The number of nitrogens with zero attached hydrogens (tertiary/aromatic N) is 1. The van der Waals surface area contributed by atoms with Crippen LogP contribution >= 0.6 is 11.3 Å². The molecule has 0 aliphatic heterocycles. The predicted molar refractivity (Wildman–Crippen MR) is 81.0 cm³/mol. The molecular formula is C14H17NO3S2. The van der Waals surface area contributed by atoms with Crippen LogP contribution in [0.15, 0.2) is 47.2 Å². The van der Waals surface area contributed by atoms with Crippen LogP contribution < -0.4 is 0 Å². The van der Waals surface area contributed by atoms with Crippen molar-refractivity contribution in [3.8, 4) is 0 Å². The summed E-state index contributed by atoms with van der Waals surface area (Å²) in [4.78, 5) is 0. The lowest BCUT2D eigenvalue weighted by Crippen LogP contribution is -2.33. The molecular weight excluding hydrogens is 294 g/mol. The summed E-state index contributed by atoms with van der Waals surface area (Å²) < 4.78 is 25.0. The second kappa shape index (κ2) is 6.49. The van der Waals surface area contributed by atoms with E-state index in [0.717, 1.165) is 17.4 Å². The average Bonchev–Trinajstić information content (AvgIpc) is 2.92. The van der Waals surface area contributed by atoms with Gasteiger partial charge in [0.25, 0.3) is 0 Å². The monoisotopic (exact) mass is 311 g/mol. The van der Waals surface area contributed by atoms with Gasteiger partial charge in [-0.25, -0.2) is 8.42 Å². The summed E-state index contributed by atoms with van der Waals surface area (Å²) in [6, 6.07) is 11.2. The molecule has 0 fully saturated rings. The molecule has 2 aromatic rings. The Morgan fingerprint density at radius 1 is 1.25 bits per heavy atom. The van der Waals surface area contributed by atoms with Crippen LogP contribution in [0.1, 0.15) is 17.2 Å². The summed E-state index contributed by atoms with van der Waals surface area (Å²) in [7, 11) is -3.37. The lowest BCUT2D eigenvalue weighted by molar-refractivity contribution is 0.146. The van der Waals surface area contributed by atoms with Crippen LogP contribution in [0.4, 0.5) is 0 Å². The number of rotatable bonds is 6. The minimum atomic E-state index is -3.37. The van der Waals surface area contributed by atoms with E-state index in [1.807, 2.05) is 41.1 Å². The third-order valence-electron chi connectivity index (χ3n) is 2.98. The highest BCUT2D eigenvalue weighted by atomic mass is 32.2. The standard InChI is InChI=1S/C14H17NO3S2/c1-20(17,18)15(9-12-5-3-2-4-6-12)10-14(16)13-7-8-19-11-13/h2-8,11,14,16H,9-10H2,1H3. The fourth-order valence-electron chi connectivity index (χ4n) is 1.87. The Kier molecular flexibility index (Phi) is 4.93. The molecule has 0 amide bonds. The van der Waals surface area contributed by atoms with Gasteiger partial charge in [0.05, 0.1) is 12.4 Å². The Morgan fingerprint density at radius 3 is 2.50 bits per heavy atom. The molecule has 0 aliphatic rings. The molecule has 0 saturated carbocycles. The third kappa shape index (κ3) is 4.14. The van der Waals surface area contributed by atoms with E-state index in [2.05, 4.69) is 0 Å². The SMILES string of the molecule is CS(=O)(=O)N(Cc1ccccc1)CC(O)c1ccsc1. The molecule has 1 N–H and O–H groups in total. The fraction of sp³-hybridized carbons (Fsp3) is 0.286. The molecule has 1 heterocycles. The Hall–Kier alpha value is -1.21. The Morgan fingerprint density at radius 2 is 1.95 bits per heavy atom. The minimum Gasteiger partial charge on any atom is -0.387 e. The van der Waals surface area contributed by atoms with Crippen LogP contribution in [-0.4, -0.2) is 30.6 Å². The van der Waals surface area contributed by atoms with E-state index >= 15 is 0 Å². The average molecular weight is 311 g/mol. The number of sulfonamides is 1. The molecule has 108 valence electrons. The largest absolute Gasteiger partial charge is 0.387 e. The highest BCUT2D eigenvalue weighted by Crippen LogP contribution is 2.19. The molecule has 1 unspecified atom stereocenters. The van der Waals surface area contributed by atoms with Crippen molar-refractivity contribution in [3.63, 3.8) is 0 Å². The van der Waals surface area contributed by atoms with Gasteiger partial charge in [0.15, 0.2) is 0 Å². The van der Waals surface area contributed by atoms with Crippen molar-refractivity contribution >= 4 is 21.4 Å². The Labute approximate surface area is 123 Å². The molecule has 0 bridgehead atoms. The van der Waals surface area contributed by atoms with Gasteiger partial charge >= 0.3 is 0 Å². The second-order valence-electron chi connectivity index (χ2n) is 4.61. The summed E-state index contributed by atoms with van der Waals surface area (Å²) >= 11 is 1.48. The van der Waals surface area contributed by atoms with Gasteiger partial charge in [0, 0.05) is 13.1 Å². The summed E-state index contributed by atoms with van der Waals surface area (Å²) in [5.74, 6) is 0. The van der Waals surface area contributed by atoms with Crippen LogP contribution in [0.25, 0.3) is 0 Å². The first kappa shape index (κ1) is 15.2. The number of thiophene rings is 1. The first-order valence-corrected chi connectivity index (χ1v) is 8.95. The molecule has 4 nitrogen and oxygen atoms in total. The fourth-order valence-corrected chi connectivity index (χ4v) is 3.37. The van der Waals surface area contributed by atoms with Gasteiger partial charge in [-0.05, 0) is 28.0 Å². The molecule has 6 heteroatoms. The van der Waals surface area contributed by atoms with Gasteiger partial charge in [0.1, 0.15) is 0 Å². The number of aliphatic hydroxyl groups is 1. The maximum atomic E-state index is 11.9. The van der Waals surface area contributed by atoms with E-state index < -0.39 is 16.1 Å². The maximum Gasteiger partial charge on any atom is 0.211 e. The van der Waals surface area contributed by atoms with Crippen LogP contribution in [0.5, 0.6) is 0 Å². The van der Waals surface area contributed by atoms with Gasteiger partial charge in [-0.2, -0.15) is 15.6 Å². The van der Waals surface area contributed by atoms with Crippen LogP contribution in [-0.2, 0) is 16.6 Å². The molecule has 20 heavy (non-hydrogen) atoms. The number of benzene rings is 1. The zero-order chi connectivity index (χ0) is 14.6. The number of hydrogen-bond donors (Lipinski definition) is 1. The molecule has 2 rings (SSSR count). The van der Waals surface area contributed by atoms with Gasteiger partial charge in [-0.15, -0.1) is 0 Å². The lowest BCUT2D eigenvalue weighted by atomic mass is 10.2. The first-order chi connectivity index (χ1) is 9.47. The van der Waals surface area contributed by atoms with E-state index in [0.29, 0.717) is 0 Å². The number of aliphatic hydroxyl groups excluding tert-OH is 1. The van der Waals surface area contributed by atoms with Gasteiger partial charge in [0.2, 0.25) is 10.0 Å². The van der Waals surface area contributed by atoms with Gasteiger partial charge in [-0.3, -0.25) is 0 Å². The summed E-state index contributed by atoms with van der Waals surface area (Å²) in [5.41, 5.74) is 1.65. The minimum absolute atomic E-state index is 0.0600. The van der Waals surface area contributed by atoms with Crippen molar-refractivity contribution in [2.75, 3.05) is 12.8 Å². The summed E-state index contributed by atoms with van der Waals surface area (Å²) in [5, 5.41) is 13.8. The molecule has 0 saturated heterocycles. The molecule has 0 spiro atoms. The molecule has 1 aromatic heterocycles. The highest BCUT2D eigenvalue weighted by Gasteiger charge is 2.21. The van der Waals surface area contributed by atoms with Crippen molar-refractivity contribution in [1.82, 2.24) is 4.31 Å². The predicted octanol–water partition coefficient (Wildman–Crippen LogP) is 2.24. The van der Waals surface area contributed by atoms with E-state index in [1.54, 1.807) is 6.07 Å². The Bertz CT molecular complexity index is 624. The normalized spacial score (nSPS) is 13.6. The summed E-state index contributed by atoms with van der Waals surface area (Å²) in [6.07, 6.45) is 0.357. The van der Waals surface area contributed by atoms with E-state index in [-0.39, 0.29) is 13.1 Å². The topological polar surface area (TPSA) is 57.6 Å². The van der Waals surface area contributed by atoms with E-state index in [9.17, 15) is 13.5 Å². The lowest BCUT2D eigenvalue weighted by Gasteiger charge is -2.22. The van der Waals surface area contributed by atoms with Crippen molar-refractivity contribution in [1.29, 1.82) is 0 Å². The quantitative estimate of drug-likeness (QED) is 0.890. The molecule has 0 aliphatic carbocycles. The smallest absolute Gasteiger partial charge is 0.211 e. The molecule has 1 aromatic carbocycles. The zero-order valence-electron chi connectivity index (χ0n) is 11.1. The molecule has 0 radical (unpaired) electrons. The van der Waals surface area contributed by atoms with E-state index in [1.165, 1.54) is 15.6 Å².